The molecule has 26 heavy (non-hydrogen) atoms. The molecule has 1 aromatic carbocycles. The molecule has 0 aromatic heterocycles. The molecule has 0 aliphatic heterocycles. The van der Waals surface area contributed by atoms with Crippen LogP contribution in [0.4, 0.5) is 0 Å². The van der Waals surface area contributed by atoms with Crippen molar-refractivity contribution in [1.82, 2.24) is 5.32 Å². The molecule has 0 fully saturated rings. The number of unbranched alkanes of at least 4 members (excludes halogenated alkanes) is 9. The first kappa shape index (κ1) is 22.2. The molecule has 0 aliphatic rings. The van der Waals surface area contributed by atoms with Gasteiger partial charge in [0.15, 0.2) is 0 Å². The van der Waals surface area contributed by atoms with E-state index in [9.17, 15) is 14.7 Å². The lowest BCUT2D eigenvalue weighted by atomic mass is 10.0. The van der Waals surface area contributed by atoms with Gasteiger partial charge in [0.2, 0.25) is 5.91 Å². The molecule has 1 aromatic rings. The van der Waals surface area contributed by atoms with Gasteiger partial charge in [-0.3, -0.25) is 4.79 Å². The van der Waals surface area contributed by atoms with Gasteiger partial charge in [-0.05, 0) is 12.0 Å². The highest BCUT2D eigenvalue weighted by Gasteiger charge is 2.19. The summed E-state index contributed by atoms with van der Waals surface area (Å²) >= 11 is 0. The fourth-order valence-corrected chi connectivity index (χ4v) is 3.09. The minimum absolute atomic E-state index is 0.159. The van der Waals surface area contributed by atoms with Crippen LogP contribution >= 0.6 is 0 Å². The van der Waals surface area contributed by atoms with Crippen molar-refractivity contribution in [2.75, 3.05) is 0 Å². The average Bonchev–Trinajstić information content (AvgIpc) is 2.63. The van der Waals surface area contributed by atoms with E-state index in [4.69, 9.17) is 0 Å². The first-order valence-corrected chi connectivity index (χ1v) is 10.2. The average molecular weight is 362 g/mol. The van der Waals surface area contributed by atoms with Gasteiger partial charge in [-0.15, -0.1) is 0 Å². The SMILES string of the molecule is CCCCCCCCCCCCC(=O)NC(Cc1ccccc1)C(=O)O. The molecular weight excluding hydrogens is 326 g/mol. The number of hydrogen-bond acceptors (Lipinski definition) is 2. The number of amides is 1. The largest absolute Gasteiger partial charge is 0.480 e. The third-order valence-corrected chi connectivity index (χ3v) is 4.67. The smallest absolute Gasteiger partial charge is 0.326 e. The van der Waals surface area contributed by atoms with Crippen LogP contribution in [0.15, 0.2) is 30.3 Å². The normalized spacial score (nSPS) is 11.9. The molecule has 1 amide bonds. The van der Waals surface area contributed by atoms with Crippen LogP contribution in [0.25, 0.3) is 0 Å². The summed E-state index contributed by atoms with van der Waals surface area (Å²) in [5.41, 5.74) is 0.916. The number of carbonyl (C=O) groups is 2. The van der Waals surface area contributed by atoms with E-state index < -0.39 is 12.0 Å². The van der Waals surface area contributed by atoms with Crippen LogP contribution in [0.3, 0.4) is 0 Å². The van der Waals surface area contributed by atoms with E-state index >= 15 is 0 Å². The Bertz CT molecular complexity index is 501. The van der Waals surface area contributed by atoms with Gasteiger partial charge >= 0.3 is 5.97 Å². The lowest BCUT2D eigenvalue weighted by molar-refractivity contribution is -0.141. The van der Waals surface area contributed by atoms with Gasteiger partial charge < -0.3 is 10.4 Å². The number of carboxylic acids is 1. The summed E-state index contributed by atoms with van der Waals surface area (Å²) in [6.07, 6.45) is 12.9. The molecule has 4 heteroatoms. The predicted octanol–water partition coefficient (Wildman–Crippen LogP) is 5.11. The molecule has 146 valence electrons. The van der Waals surface area contributed by atoms with Crippen LogP contribution in [-0.4, -0.2) is 23.0 Å². The summed E-state index contributed by atoms with van der Waals surface area (Å²) in [5.74, 6) is -1.14. The van der Waals surface area contributed by atoms with E-state index in [2.05, 4.69) is 12.2 Å². The number of carboxylic acid groups (broad SMARTS) is 1. The number of benzene rings is 1. The summed E-state index contributed by atoms with van der Waals surface area (Å²) < 4.78 is 0. The third kappa shape index (κ3) is 10.9. The van der Waals surface area contributed by atoms with Gasteiger partial charge in [0.1, 0.15) is 6.04 Å². The predicted molar refractivity (Wildman–Crippen MR) is 106 cm³/mol. The fourth-order valence-electron chi connectivity index (χ4n) is 3.09. The summed E-state index contributed by atoms with van der Waals surface area (Å²) in [4.78, 5) is 23.4. The molecule has 0 heterocycles. The van der Waals surface area contributed by atoms with E-state index in [0.29, 0.717) is 12.8 Å². The molecule has 0 saturated carbocycles. The van der Waals surface area contributed by atoms with E-state index in [1.54, 1.807) is 0 Å². The number of carbonyl (C=O) groups excluding carboxylic acids is 1. The molecule has 4 nitrogen and oxygen atoms in total. The molecule has 0 bridgehead atoms. The molecule has 0 aliphatic carbocycles. The molecule has 0 radical (unpaired) electrons. The summed E-state index contributed by atoms with van der Waals surface area (Å²) in [5, 5.41) is 12.0. The van der Waals surface area contributed by atoms with E-state index in [1.807, 2.05) is 30.3 Å². The molecule has 0 saturated heterocycles. The highest BCUT2D eigenvalue weighted by Crippen LogP contribution is 2.11. The Balaban J connectivity index is 2.11. The lowest BCUT2D eigenvalue weighted by Crippen LogP contribution is -2.42. The standard InChI is InChI=1S/C22H35NO3/c1-2-3-4-5-6-7-8-9-10-14-17-21(24)23-20(22(25)26)18-19-15-12-11-13-16-19/h11-13,15-16,20H,2-10,14,17-18H2,1H3,(H,23,24)(H,25,26). The molecule has 1 atom stereocenters. The highest BCUT2D eigenvalue weighted by molar-refractivity contribution is 5.83. The second kappa shape index (κ2) is 14.3. The second-order valence-corrected chi connectivity index (χ2v) is 7.08. The van der Waals surface area contributed by atoms with Crippen molar-refractivity contribution in [3.63, 3.8) is 0 Å². The first-order valence-electron chi connectivity index (χ1n) is 10.2. The van der Waals surface area contributed by atoms with Crippen molar-refractivity contribution >= 4 is 11.9 Å². The Morgan fingerprint density at radius 1 is 0.885 bits per heavy atom. The summed E-state index contributed by atoms with van der Waals surface area (Å²) in [7, 11) is 0. The first-order chi connectivity index (χ1) is 12.6. The van der Waals surface area contributed by atoms with Gasteiger partial charge in [0, 0.05) is 12.8 Å². The maximum atomic E-state index is 12.0. The topological polar surface area (TPSA) is 66.4 Å². The van der Waals surface area contributed by atoms with Crippen LogP contribution in [-0.2, 0) is 16.0 Å². The summed E-state index contributed by atoms with van der Waals surface area (Å²) in [6.45, 7) is 2.23. The van der Waals surface area contributed by atoms with Gasteiger partial charge in [-0.1, -0.05) is 95.0 Å². The maximum Gasteiger partial charge on any atom is 0.326 e. The van der Waals surface area contributed by atoms with E-state index in [1.165, 1.54) is 44.9 Å². The molecular formula is C22H35NO3. The van der Waals surface area contributed by atoms with Crippen molar-refractivity contribution in [1.29, 1.82) is 0 Å². The minimum Gasteiger partial charge on any atom is -0.480 e. The zero-order valence-electron chi connectivity index (χ0n) is 16.2. The van der Waals surface area contributed by atoms with Crippen LogP contribution in [0.5, 0.6) is 0 Å². The quantitative estimate of drug-likeness (QED) is 0.427. The monoisotopic (exact) mass is 361 g/mol. The Labute approximate surface area is 158 Å². The molecule has 1 rings (SSSR count). The van der Waals surface area contributed by atoms with E-state index in [-0.39, 0.29) is 5.91 Å². The minimum atomic E-state index is -0.981. The molecule has 0 spiro atoms. The Kier molecular flexibility index (Phi) is 12.2. The molecule has 2 N–H and O–H groups in total. The van der Waals surface area contributed by atoms with Gasteiger partial charge in [-0.2, -0.15) is 0 Å². The summed E-state index contributed by atoms with van der Waals surface area (Å²) in [6, 6.07) is 8.55. The van der Waals surface area contributed by atoms with Gasteiger partial charge in [0.05, 0.1) is 0 Å². The number of aliphatic carboxylic acids is 1. The van der Waals surface area contributed by atoms with Crippen LogP contribution in [0.2, 0.25) is 0 Å². The van der Waals surface area contributed by atoms with E-state index in [0.717, 1.165) is 24.8 Å². The van der Waals surface area contributed by atoms with Crippen molar-refractivity contribution in [3.05, 3.63) is 35.9 Å². The Morgan fingerprint density at radius 3 is 1.96 bits per heavy atom. The van der Waals surface area contributed by atoms with Gasteiger partial charge in [-0.25, -0.2) is 4.79 Å². The number of hydrogen-bond donors (Lipinski definition) is 2. The van der Waals surface area contributed by atoms with Crippen molar-refractivity contribution in [2.45, 2.75) is 90.0 Å². The van der Waals surface area contributed by atoms with Crippen molar-refractivity contribution < 1.29 is 14.7 Å². The highest BCUT2D eigenvalue weighted by atomic mass is 16.4. The Morgan fingerprint density at radius 2 is 1.42 bits per heavy atom. The molecule has 1 unspecified atom stereocenters. The lowest BCUT2D eigenvalue weighted by Gasteiger charge is -2.14. The number of rotatable bonds is 15. The number of nitrogens with one attached hydrogen (secondary N) is 1. The third-order valence-electron chi connectivity index (χ3n) is 4.67. The van der Waals surface area contributed by atoms with Crippen LogP contribution in [0, 0.1) is 0 Å². The Hall–Kier alpha value is -1.84. The van der Waals surface area contributed by atoms with Crippen LogP contribution < -0.4 is 5.32 Å². The maximum absolute atomic E-state index is 12.0. The van der Waals surface area contributed by atoms with Crippen LogP contribution in [0.1, 0.15) is 83.1 Å². The van der Waals surface area contributed by atoms with Gasteiger partial charge in [0.25, 0.3) is 0 Å². The van der Waals surface area contributed by atoms with Crippen molar-refractivity contribution in [2.24, 2.45) is 0 Å². The second-order valence-electron chi connectivity index (χ2n) is 7.08. The zero-order chi connectivity index (χ0) is 19.0. The fraction of sp³-hybridized carbons (Fsp3) is 0.636. The zero-order valence-corrected chi connectivity index (χ0v) is 16.2. The van der Waals surface area contributed by atoms with Crippen molar-refractivity contribution in [3.8, 4) is 0 Å².